The Morgan fingerprint density at radius 2 is 1.73 bits per heavy atom. The zero-order chi connectivity index (χ0) is 23.4. The zero-order valence-electron chi connectivity index (χ0n) is 19.6. The molecule has 0 unspecified atom stereocenters. The highest BCUT2D eigenvalue weighted by Crippen LogP contribution is 2.29. The normalized spacial score (nSPS) is 17.8. The molecular formula is C26H34N2O4S. The maximum absolute atomic E-state index is 13.3. The highest BCUT2D eigenvalue weighted by atomic mass is 32.2. The van der Waals surface area contributed by atoms with Crippen molar-refractivity contribution in [3.8, 4) is 5.75 Å². The van der Waals surface area contributed by atoms with E-state index in [0.29, 0.717) is 18.8 Å². The summed E-state index contributed by atoms with van der Waals surface area (Å²) < 4.78 is 33.2. The second-order valence-electron chi connectivity index (χ2n) is 9.00. The van der Waals surface area contributed by atoms with Crippen molar-refractivity contribution in [1.82, 2.24) is 9.62 Å². The van der Waals surface area contributed by atoms with Crippen LogP contribution in [0.4, 0.5) is 0 Å². The van der Waals surface area contributed by atoms with Gasteiger partial charge in [0.1, 0.15) is 5.75 Å². The van der Waals surface area contributed by atoms with E-state index in [-0.39, 0.29) is 22.4 Å². The molecule has 0 aromatic heterocycles. The number of methoxy groups -OCH3 is 1. The van der Waals surface area contributed by atoms with Gasteiger partial charge in [0.05, 0.1) is 23.6 Å². The largest absolute Gasteiger partial charge is 0.496 e. The monoisotopic (exact) mass is 470 g/mol. The minimum absolute atomic E-state index is 0.136. The first-order valence-corrected chi connectivity index (χ1v) is 13.5. The third kappa shape index (κ3) is 5.09. The second-order valence-corrected chi connectivity index (χ2v) is 10.9. The number of ether oxygens (including phenoxy) is 1. The fourth-order valence-corrected chi connectivity index (χ4v) is 6.45. The molecule has 1 aliphatic carbocycles. The molecule has 7 heteroatoms. The number of fused-ring (bicyclic) bond motifs is 1. The van der Waals surface area contributed by atoms with Gasteiger partial charge in [-0.1, -0.05) is 31.5 Å². The first-order valence-electron chi connectivity index (χ1n) is 12.0. The number of nitrogens with zero attached hydrogens (tertiary/aromatic N) is 1. The Morgan fingerprint density at radius 1 is 1.00 bits per heavy atom. The first kappa shape index (κ1) is 23.8. The molecule has 2 aromatic rings. The van der Waals surface area contributed by atoms with Crippen molar-refractivity contribution in [2.24, 2.45) is 0 Å². The molecule has 4 rings (SSSR count). The first-order chi connectivity index (χ1) is 15.9. The molecule has 1 fully saturated rings. The summed E-state index contributed by atoms with van der Waals surface area (Å²) >= 11 is 0. The van der Waals surface area contributed by atoms with Gasteiger partial charge in [-0.2, -0.15) is 4.31 Å². The summed E-state index contributed by atoms with van der Waals surface area (Å²) in [4.78, 5) is 13.4. The summed E-state index contributed by atoms with van der Waals surface area (Å²) in [6.07, 6.45) is 8.14. The van der Waals surface area contributed by atoms with E-state index < -0.39 is 10.0 Å². The van der Waals surface area contributed by atoms with E-state index in [1.807, 2.05) is 6.92 Å². The van der Waals surface area contributed by atoms with Gasteiger partial charge < -0.3 is 10.1 Å². The van der Waals surface area contributed by atoms with Crippen molar-refractivity contribution in [2.75, 3.05) is 20.2 Å². The molecule has 33 heavy (non-hydrogen) atoms. The van der Waals surface area contributed by atoms with Crippen LogP contribution >= 0.6 is 0 Å². The summed E-state index contributed by atoms with van der Waals surface area (Å²) in [5, 5.41) is 3.11. The number of nitrogens with one attached hydrogen (secondary N) is 1. The van der Waals surface area contributed by atoms with Crippen LogP contribution in [0.25, 0.3) is 0 Å². The molecule has 1 heterocycles. The van der Waals surface area contributed by atoms with Crippen molar-refractivity contribution in [2.45, 2.75) is 69.2 Å². The number of carbonyl (C=O) groups is 1. The van der Waals surface area contributed by atoms with E-state index in [1.165, 1.54) is 47.5 Å². The van der Waals surface area contributed by atoms with Gasteiger partial charge in [0, 0.05) is 13.1 Å². The van der Waals surface area contributed by atoms with Crippen molar-refractivity contribution in [3.05, 3.63) is 58.7 Å². The summed E-state index contributed by atoms with van der Waals surface area (Å²) in [7, 11) is -2.15. The minimum Gasteiger partial charge on any atom is -0.496 e. The van der Waals surface area contributed by atoms with Gasteiger partial charge in [-0.05, 0) is 79.8 Å². The van der Waals surface area contributed by atoms with Gasteiger partial charge in [-0.15, -0.1) is 0 Å². The van der Waals surface area contributed by atoms with E-state index in [2.05, 4.69) is 23.5 Å². The lowest BCUT2D eigenvalue weighted by atomic mass is 9.88. The summed E-state index contributed by atoms with van der Waals surface area (Å²) in [5.74, 6) is 0.0394. The Balaban J connectivity index is 1.59. The van der Waals surface area contributed by atoms with Crippen LogP contribution in [-0.4, -0.2) is 38.8 Å². The number of piperidine rings is 1. The van der Waals surface area contributed by atoms with Crippen LogP contribution in [0, 0.1) is 0 Å². The molecule has 1 N–H and O–H groups in total. The standard InChI is InChI=1S/C26H34N2O4S/c1-3-24(21-12-11-19-9-5-6-10-20(19)17-21)27-26(29)23-18-22(13-14-25(23)32-2)33(30,31)28-15-7-4-8-16-28/h11-14,17-18,24H,3-10,15-16H2,1-2H3,(H,27,29)/t24-/m1/s1. The topological polar surface area (TPSA) is 75.7 Å². The molecule has 178 valence electrons. The SMILES string of the molecule is CC[C@@H](NC(=O)c1cc(S(=O)(=O)N2CCCCC2)ccc1OC)c1ccc2c(c1)CCCC2. The minimum atomic E-state index is -3.64. The second kappa shape index (κ2) is 10.3. The number of rotatable bonds is 7. The number of benzene rings is 2. The molecule has 0 bridgehead atoms. The van der Waals surface area contributed by atoms with E-state index in [1.54, 1.807) is 6.07 Å². The highest BCUT2D eigenvalue weighted by molar-refractivity contribution is 7.89. The highest BCUT2D eigenvalue weighted by Gasteiger charge is 2.28. The molecular weight excluding hydrogens is 436 g/mol. The van der Waals surface area contributed by atoms with Crippen LogP contribution in [-0.2, 0) is 22.9 Å². The van der Waals surface area contributed by atoms with Gasteiger partial charge in [0.15, 0.2) is 0 Å². The molecule has 1 atom stereocenters. The van der Waals surface area contributed by atoms with Crippen molar-refractivity contribution in [3.63, 3.8) is 0 Å². The molecule has 6 nitrogen and oxygen atoms in total. The number of aryl methyl sites for hydroxylation is 2. The van der Waals surface area contributed by atoms with Crippen molar-refractivity contribution in [1.29, 1.82) is 0 Å². The summed E-state index contributed by atoms with van der Waals surface area (Å²) in [5.41, 5.74) is 4.11. The third-order valence-electron chi connectivity index (χ3n) is 6.86. The molecule has 1 aliphatic heterocycles. The molecule has 2 aliphatic rings. The van der Waals surface area contributed by atoms with Gasteiger partial charge >= 0.3 is 0 Å². The number of sulfonamides is 1. The Hall–Kier alpha value is -2.38. The molecule has 1 saturated heterocycles. The van der Waals surface area contributed by atoms with Crippen LogP contribution < -0.4 is 10.1 Å². The van der Waals surface area contributed by atoms with Gasteiger partial charge in [0.2, 0.25) is 10.0 Å². The Morgan fingerprint density at radius 3 is 2.42 bits per heavy atom. The van der Waals surface area contributed by atoms with E-state index >= 15 is 0 Å². The third-order valence-corrected chi connectivity index (χ3v) is 8.75. The fourth-order valence-electron chi connectivity index (χ4n) is 4.91. The molecule has 0 saturated carbocycles. The van der Waals surface area contributed by atoms with Gasteiger partial charge in [-0.3, -0.25) is 4.79 Å². The Bertz CT molecular complexity index is 1110. The average Bonchev–Trinajstić information content (AvgIpc) is 2.86. The van der Waals surface area contributed by atoms with Crippen LogP contribution in [0.15, 0.2) is 41.3 Å². The lowest BCUT2D eigenvalue weighted by Crippen LogP contribution is -2.36. The predicted octanol–water partition coefficient (Wildman–Crippen LogP) is 4.63. The average molecular weight is 471 g/mol. The van der Waals surface area contributed by atoms with Crippen molar-refractivity contribution >= 4 is 15.9 Å². The molecule has 0 radical (unpaired) electrons. The van der Waals surface area contributed by atoms with Gasteiger partial charge in [-0.25, -0.2) is 8.42 Å². The maximum atomic E-state index is 13.3. The predicted molar refractivity (Wildman–Crippen MR) is 129 cm³/mol. The van der Waals surface area contributed by atoms with E-state index in [0.717, 1.165) is 44.1 Å². The maximum Gasteiger partial charge on any atom is 0.255 e. The quantitative estimate of drug-likeness (QED) is 0.640. The van der Waals surface area contributed by atoms with Crippen molar-refractivity contribution < 1.29 is 17.9 Å². The Labute approximate surface area is 197 Å². The molecule has 1 amide bonds. The van der Waals surface area contributed by atoms with Crippen LogP contribution in [0.3, 0.4) is 0 Å². The fraction of sp³-hybridized carbons (Fsp3) is 0.500. The zero-order valence-corrected chi connectivity index (χ0v) is 20.4. The van der Waals surface area contributed by atoms with E-state index in [4.69, 9.17) is 4.74 Å². The van der Waals surface area contributed by atoms with Gasteiger partial charge in [0.25, 0.3) is 5.91 Å². The lowest BCUT2D eigenvalue weighted by molar-refractivity contribution is 0.0932. The lowest BCUT2D eigenvalue weighted by Gasteiger charge is -2.26. The Kier molecular flexibility index (Phi) is 7.39. The summed E-state index contributed by atoms with van der Waals surface area (Å²) in [6, 6.07) is 10.9. The smallest absolute Gasteiger partial charge is 0.255 e. The van der Waals surface area contributed by atoms with E-state index in [9.17, 15) is 13.2 Å². The van der Waals surface area contributed by atoms with Crippen LogP contribution in [0.2, 0.25) is 0 Å². The van der Waals surface area contributed by atoms with Crippen LogP contribution in [0.5, 0.6) is 5.75 Å². The number of carbonyl (C=O) groups excluding carboxylic acids is 1. The summed E-state index contributed by atoms with van der Waals surface area (Å²) in [6.45, 7) is 3.08. The molecule has 2 aromatic carbocycles. The van der Waals surface area contributed by atoms with Crippen LogP contribution in [0.1, 0.15) is 78.5 Å². The molecule has 0 spiro atoms. The number of amides is 1. The number of hydrogen-bond donors (Lipinski definition) is 1. The number of hydrogen-bond acceptors (Lipinski definition) is 4.